The molecule has 1 N–H and O–H groups in total. The lowest BCUT2D eigenvalue weighted by Gasteiger charge is -2.23. The predicted octanol–water partition coefficient (Wildman–Crippen LogP) is 0.0904. The molecule has 0 saturated heterocycles. The van der Waals surface area contributed by atoms with Crippen molar-refractivity contribution in [3.63, 3.8) is 0 Å². The molecule has 0 unspecified atom stereocenters. The summed E-state index contributed by atoms with van der Waals surface area (Å²) in [5.74, 6) is 0. The van der Waals surface area contributed by atoms with Gasteiger partial charge in [0.05, 0.1) is 21.1 Å². The van der Waals surface area contributed by atoms with Crippen LogP contribution < -0.4 is 0 Å². The highest BCUT2D eigenvalue weighted by atomic mass is 32.3. The fraction of sp³-hybridized carbons (Fsp3) is 0.400. The van der Waals surface area contributed by atoms with Crippen molar-refractivity contribution >= 4 is 20.8 Å². The van der Waals surface area contributed by atoms with E-state index in [-0.39, 0.29) is 0 Å². The van der Waals surface area contributed by atoms with Crippen LogP contribution in [0.3, 0.4) is 0 Å². The minimum absolute atomic E-state index is 0.990. The van der Waals surface area contributed by atoms with Gasteiger partial charge < -0.3 is 9.04 Å². The van der Waals surface area contributed by atoms with E-state index < -0.39 is 20.8 Å². The Bertz CT molecular complexity index is 587. The molecule has 11 heteroatoms. The average Bonchev–Trinajstić information content (AvgIpc) is 2.24. The largest absolute Gasteiger partial charge is 0.724 e. The van der Waals surface area contributed by atoms with Gasteiger partial charge in [-0.3, -0.25) is 4.55 Å². The molecule has 1 aromatic rings. The SMILES string of the molecule is C[N+](C)(C)Cc1ccccc1.O=S(=O)([O-])OOS(=O)(=O)O. The highest BCUT2D eigenvalue weighted by molar-refractivity contribution is 7.83. The molecular weight excluding hydrogens is 326 g/mol. The maximum absolute atomic E-state index is 9.48. The minimum Gasteiger partial charge on any atom is -0.724 e. The van der Waals surface area contributed by atoms with Gasteiger partial charge in [-0.15, -0.1) is 0 Å². The lowest BCUT2D eigenvalue weighted by Crippen LogP contribution is -2.33. The molecule has 0 aliphatic rings. The van der Waals surface area contributed by atoms with E-state index in [2.05, 4.69) is 60.1 Å². The summed E-state index contributed by atoms with van der Waals surface area (Å²) in [5, 5.41) is 0. The van der Waals surface area contributed by atoms with Crippen LogP contribution in [0.15, 0.2) is 30.3 Å². The topological polar surface area (TPSA) is 130 Å². The lowest BCUT2D eigenvalue weighted by atomic mass is 10.2. The molecule has 9 nitrogen and oxygen atoms in total. The van der Waals surface area contributed by atoms with Crippen molar-refractivity contribution in [1.29, 1.82) is 0 Å². The number of quaternary nitrogens is 1. The first-order valence-electron chi connectivity index (χ1n) is 5.44. The van der Waals surface area contributed by atoms with Crippen molar-refractivity contribution in [2.75, 3.05) is 21.1 Å². The molecule has 0 bridgehead atoms. The highest BCUT2D eigenvalue weighted by Gasteiger charge is 2.08. The standard InChI is InChI=1S/C10H16N.H2O8S2/c1-11(2,3)9-10-7-5-4-6-8-10;1-9(2,3)7-8-10(4,5)6/h4-8H,9H2,1-3H3;(H,1,2,3)(H,4,5,6)/q+1;/p-1. The van der Waals surface area contributed by atoms with E-state index in [4.69, 9.17) is 4.55 Å². The second-order valence-electron chi connectivity index (χ2n) is 4.91. The molecule has 1 aromatic carbocycles. The molecule has 0 radical (unpaired) electrons. The van der Waals surface area contributed by atoms with Gasteiger partial charge in [0.1, 0.15) is 6.54 Å². The van der Waals surface area contributed by atoms with E-state index in [1.807, 2.05) is 0 Å². The van der Waals surface area contributed by atoms with Crippen molar-refractivity contribution in [3.05, 3.63) is 35.9 Å². The van der Waals surface area contributed by atoms with Crippen molar-refractivity contribution in [1.82, 2.24) is 0 Å². The van der Waals surface area contributed by atoms with Gasteiger partial charge >= 0.3 is 10.4 Å². The summed E-state index contributed by atoms with van der Waals surface area (Å²) in [4.78, 5) is 0. The van der Waals surface area contributed by atoms with Gasteiger partial charge in [0.15, 0.2) is 0 Å². The molecule has 0 atom stereocenters. The van der Waals surface area contributed by atoms with Crippen LogP contribution in [0.5, 0.6) is 0 Å². The van der Waals surface area contributed by atoms with Crippen molar-refractivity contribution < 1.29 is 39.1 Å². The highest BCUT2D eigenvalue weighted by Crippen LogP contribution is 2.05. The van der Waals surface area contributed by atoms with Gasteiger partial charge in [0.2, 0.25) is 10.4 Å². The van der Waals surface area contributed by atoms with Crippen LogP contribution in [0.25, 0.3) is 0 Å². The Balaban J connectivity index is 0.000000384. The van der Waals surface area contributed by atoms with Crippen LogP contribution in [-0.2, 0) is 36.0 Å². The molecule has 122 valence electrons. The molecule has 0 aliphatic carbocycles. The number of rotatable bonds is 5. The van der Waals surface area contributed by atoms with Crippen LogP contribution in [0.1, 0.15) is 5.56 Å². The Labute approximate surface area is 124 Å². The Morgan fingerprint density at radius 1 is 1.05 bits per heavy atom. The fourth-order valence-corrected chi connectivity index (χ4v) is 1.75. The monoisotopic (exact) mass is 343 g/mol. The lowest BCUT2D eigenvalue weighted by molar-refractivity contribution is -0.884. The third-order valence-corrected chi connectivity index (χ3v) is 2.26. The number of benzene rings is 1. The number of hydrogen-bond acceptors (Lipinski definition) is 7. The molecule has 0 aliphatic heterocycles. The van der Waals surface area contributed by atoms with E-state index in [9.17, 15) is 21.4 Å². The van der Waals surface area contributed by atoms with Gasteiger partial charge in [0.25, 0.3) is 0 Å². The van der Waals surface area contributed by atoms with E-state index >= 15 is 0 Å². The number of hydrogen-bond donors (Lipinski definition) is 1. The Morgan fingerprint density at radius 3 is 1.81 bits per heavy atom. The van der Waals surface area contributed by atoms with Crippen LogP contribution in [0, 0.1) is 0 Å². The van der Waals surface area contributed by atoms with E-state index in [1.165, 1.54) is 5.56 Å². The summed E-state index contributed by atoms with van der Waals surface area (Å²) in [5.41, 5.74) is 1.40. The van der Waals surface area contributed by atoms with Gasteiger partial charge in [-0.05, 0) is 0 Å². The molecule has 21 heavy (non-hydrogen) atoms. The Kier molecular flexibility index (Phi) is 7.39. The third-order valence-electron chi connectivity index (χ3n) is 1.70. The van der Waals surface area contributed by atoms with Crippen LogP contribution in [-0.4, -0.2) is 51.6 Å². The molecule has 0 spiro atoms. The van der Waals surface area contributed by atoms with Crippen LogP contribution >= 0.6 is 0 Å². The first kappa shape index (κ1) is 19.9. The fourth-order valence-electron chi connectivity index (χ4n) is 1.20. The summed E-state index contributed by atoms with van der Waals surface area (Å²) in [6, 6.07) is 10.6. The molecule has 0 fully saturated rings. The molecule has 1 rings (SSSR count). The minimum atomic E-state index is -5.27. The molecular formula is C10H17NO8S2. The van der Waals surface area contributed by atoms with Crippen molar-refractivity contribution in [3.8, 4) is 0 Å². The van der Waals surface area contributed by atoms with Gasteiger partial charge in [0, 0.05) is 5.56 Å². The van der Waals surface area contributed by atoms with Crippen molar-refractivity contribution in [2.24, 2.45) is 0 Å². The summed E-state index contributed by atoms with van der Waals surface area (Å²) < 4.78 is 61.2. The maximum atomic E-state index is 9.48. The second kappa shape index (κ2) is 7.79. The smallest absolute Gasteiger partial charge is 0.425 e. The summed E-state index contributed by atoms with van der Waals surface area (Å²) in [6.07, 6.45) is 0. The van der Waals surface area contributed by atoms with Gasteiger partial charge in [-0.2, -0.15) is 8.42 Å². The number of nitrogens with zero attached hydrogens (tertiary/aromatic N) is 1. The summed E-state index contributed by atoms with van der Waals surface area (Å²) in [6.45, 7) is 1.10. The summed E-state index contributed by atoms with van der Waals surface area (Å²) in [7, 11) is -3.72. The molecule has 0 saturated carbocycles. The van der Waals surface area contributed by atoms with Crippen LogP contribution in [0.2, 0.25) is 0 Å². The summed E-state index contributed by atoms with van der Waals surface area (Å²) >= 11 is 0. The van der Waals surface area contributed by atoms with Gasteiger partial charge in [-0.1, -0.05) is 39.0 Å². The molecule has 0 heterocycles. The maximum Gasteiger partial charge on any atom is 0.425 e. The molecule has 0 amide bonds. The quantitative estimate of drug-likeness (QED) is 0.262. The zero-order valence-electron chi connectivity index (χ0n) is 11.7. The molecule has 0 aromatic heterocycles. The second-order valence-corrected chi connectivity index (χ2v) is 6.85. The van der Waals surface area contributed by atoms with E-state index in [0.717, 1.165) is 11.0 Å². The van der Waals surface area contributed by atoms with Crippen LogP contribution in [0.4, 0.5) is 0 Å². The predicted molar refractivity (Wildman–Crippen MR) is 71.6 cm³/mol. The average molecular weight is 343 g/mol. The zero-order chi connectivity index (χ0) is 16.7. The third kappa shape index (κ3) is 15.1. The Hall–Kier alpha value is -1.08. The van der Waals surface area contributed by atoms with Gasteiger partial charge in [-0.25, -0.2) is 8.42 Å². The first-order valence-corrected chi connectivity index (χ1v) is 8.14. The zero-order valence-corrected chi connectivity index (χ0v) is 13.3. The normalized spacial score (nSPS) is 12.4. The van der Waals surface area contributed by atoms with E-state index in [0.29, 0.717) is 0 Å². The Morgan fingerprint density at radius 2 is 1.52 bits per heavy atom. The van der Waals surface area contributed by atoms with Crippen molar-refractivity contribution in [2.45, 2.75) is 6.54 Å². The first-order chi connectivity index (χ1) is 9.29. The van der Waals surface area contributed by atoms with E-state index in [1.54, 1.807) is 0 Å².